The summed E-state index contributed by atoms with van der Waals surface area (Å²) in [5.41, 5.74) is 0.455. The Labute approximate surface area is 129 Å². The van der Waals surface area contributed by atoms with Crippen LogP contribution in [-0.4, -0.2) is 16.6 Å². The van der Waals surface area contributed by atoms with E-state index in [0.29, 0.717) is 10.6 Å². The van der Waals surface area contributed by atoms with Crippen LogP contribution in [0.5, 0.6) is 0 Å². The van der Waals surface area contributed by atoms with Gasteiger partial charge in [-0.3, -0.25) is 4.79 Å². The van der Waals surface area contributed by atoms with Crippen LogP contribution >= 0.6 is 35.0 Å². The van der Waals surface area contributed by atoms with Crippen molar-refractivity contribution in [1.82, 2.24) is 4.98 Å². The molecule has 104 valence electrons. The van der Waals surface area contributed by atoms with Crippen LogP contribution in [0.3, 0.4) is 0 Å². The largest absolute Gasteiger partial charge is 0.323 e. The number of carbonyl (C=O) groups is 1. The summed E-state index contributed by atoms with van der Waals surface area (Å²) in [6.07, 6.45) is 1.53. The standard InChI is InChI=1S/C13H9Cl2FN2OS/c14-9-6-8(3-4-10(9)16)20-7-12(19)18-11-2-1-5-17-13(11)15/h1-6H,7H2,(H,18,19). The van der Waals surface area contributed by atoms with Gasteiger partial charge in [0.2, 0.25) is 5.91 Å². The third-order valence-electron chi connectivity index (χ3n) is 2.29. The molecule has 1 heterocycles. The molecule has 0 saturated heterocycles. The maximum absolute atomic E-state index is 13.0. The summed E-state index contributed by atoms with van der Waals surface area (Å²) in [6.45, 7) is 0. The summed E-state index contributed by atoms with van der Waals surface area (Å²) < 4.78 is 13.0. The van der Waals surface area contributed by atoms with Gasteiger partial charge in [-0.05, 0) is 30.3 Å². The van der Waals surface area contributed by atoms with Crippen LogP contribution in [0.2, 0.25) is 10.2 Å². The molecule has 0 aliphatic heterocycles. The number of pyridine rings is 1. The highest BCUT2D eigenvalue weighted by molar-refractivity contribution is 8.00. The van der Waals surface area contributed by atoms with E-state index in [2.05, 4.69) is 10.3 Å². The number of nitrogens with one attached hydrogen (secondary N) is 1. The third-order valence-corrected chi connectivity index (χ3v) is 3.88. The molecule has 0 bridgehead atoms. The summed E-state index contributed by atoms with van der Waals surface area (Å²) in [4.78, 5) is 16.3. The zero-order valence-corrected chi connectivity index (χ0v) is 12.4. The van der Waals surface area contributed by atoms with Crippen molar-refractivity contribution in [3.05, 3.63) is 52.5 Å². The number of anilines is 1. The lowest BCUT2D eigenvalue weighted by Gasteiger charge is -2.06. The van der Waals surface area contributed by atoms with Gasteiger partial charge in [0.05, 0.1) is 16.5 Å². The van der Waals surface area contributed by atoms with E-state index in [1.807, 2.05) is 0 Å². The Morgan fingerprint density at radius 3 is 2.85 bits per heavy atom. The molecule has 1 N–H and O–H groups in total. The van der Waals surface area contributed by atoms with Gasteiger partial charge in [0.1, 0.15) is 5.82 Å². The zero-order valence-electron chi connectivity index (χ0n) is 10.1. The van der Waals surface area contributed by atoms with E-state index in [1.165, 1.54) is 30.1 Å². The van der Waals surface area contributed by atoms with Gasteiger partial charge in [0.15, 0.2) is 5.15 Å². The molecule has 0 radical (unpaired) electrons. The van der Waals surface area contributed by atoms with Gasteiger partial charge in [-0.2, -0.15) is 0 Å². The molecule has 1 aromatic heterocycles. The van der Waals surface area contributed by atoms with Crippen molar-refractivity contribution in [2.24, 2.45) is 0 Å². The Kier molecular flexibility index (Phi) is 5.23. The number of aromatic nitrogens is 1. The number of nitrogens with zero attached hydrogens (tertiary/aromatic N) is 1. The third kappa shape index (κ3) is 4.10. The highest BCUT2D eigenvalue weighted by Gasteiger charge is 2.08. The molecule has 0 unspecified atom stereocenters. The van der Waals surface area contributed by atoms with Crippen molar-refractivity contribution in [3.63, 3.8) is 0 Å². The van der Waals surface area contributed by atoms with Crippen LogP contribution < -0.4 is 5.32 Å². The molecule has 0 aliphatic rings. The zero-order chi connectivity index (χ0) is 14.5. The highest BCUT2D eigenvalue weighted by Crippen LogP contribution is 2.24. The smallest absolute Gasteiger partial charge is 0.234 e. The molecule has 2 rings (SSSR count). The van der Waals surface area contributed by atoms with Gasteiger partial charge in [-0.25, -0.2) is 9.37 Å². The highest BCUT2D eigenvalue weighted by atomic mass is 35.5. The van der Waals surface area contributed by atoms with E-state index in [0.717, 1.165) is 0 Å². The van der Waals surface area contributed by atoms with E-state index >= 15 is 0 Å². The minimum absolute atomic E-state index is 0.0331. The number of amides is 1. The minimum Gasteiger partial charge on any atom is -0.323 e. The predicted molar refractivity (Wildman–Crippen MR) is 80.0 cm³/mol. The molecule has 20 heavy (non-hydrogen) atoms. The first-order chi connectivity index (χ1) is 9.56. The number of hydrogen-bond donors (Lipinski definition) is 1. The molecule has 0 spiro atoms. The summed E-state index contributed by atoms with van der Waals surface area (Å²) in [5.74, 6) is -0.555. The van der Waals surface area contributed by atoms with Crippen molar-refractivity contribution in [3.8, 4) is 0 Å². The van der Waals surface area contributed by atoms with Crippen molar-refractivity contribution in [2.45, 2.75) is 4.90 Å². The second-order valence-corrected chi connectivity index (χ2v) is 5.57. The number of carbonyl (C=O) groups excluding carboxylic acids is 1. The first kappa shape index (κ1) is 15.1. The number of rotatable bonds is 4. The lowest BCUT2D eigenvalue weighted by atomic mass is 10.3. The van der Waals surface area contributed by atoms with Gasteiger partial charge >= 0.3 is 0 Å². The van der Waals surface area contributed by atoms with E-state index in [1.54, 1.807) is 18.2 Å². The molecular formula is C13H9Cl2FN2OS. The average Bonchev–Trinajstić information content (AvgIpc) is 2.43. The second-order valence-electron chi connectivity index (χ2n) is 3.75. The molecule has 3 nitrogen and oxygen atoms in total. The first-order valence-electron chi connectivity index (χ1n) is 5.54. The van der Waals surface area contributed by atoms with E-state index in [9.17, 15) is 9.18 Å². The molecule has 0 aliphatic carbocycles. The molecule has 2 aromatic rings. The summed E-state index contributed by atoms with van der Waals surface area (Å²) >= 11 is 12.7. The minimum atomic E-state index is -0.484. The first-order valence-corrected chi connectivity index (χ1v) is 7.28. The van der Waals surface area contributed by atoms with Crippen molar-refractivity contribution in [1.29, 1.82) is 0 Å². The predicted octanol–water partition coefficient (Wildman–Crippen LogP) is 4.26. The van der Waals surface area contributed by atoms with E-state index in [-0.39, 0.29) is 21.8 Å². The lowest BCUT2D eigenvalue weighted by molar-refractivity contribution is -0.113. The maximum atomic E-state index is 13.0. The van der Waals surface area contributed by atoms with E-state index in [4.69, 9.17) is 23.2 Å². The van der Waals surface area contributed by atoms with Crippen molar-refractivity contribution < 1.29 is 9.18 Å². The molecule has 1 aromatic carbocycles. The summed E-state index contributed by atoms with van der Waals surface area (Å²) in [7, 11) is 0. The summed E-state index contributed by atoms with van der Waals surface area (Å²) in [5, 5.41) is 2.91. The van der Waals surface area contributed by atoms with Gasteiger partial charge in [0, 0.05) is 11.1 Å². The van der Waals surface area contributed by atoms with Crippen LogP contribution in [-0.2, 0) is 4.79 Å². The Hall–Kier alpha value is -1.30. The maximum Gasteiger partial charge on any atom is 0.234 e. The fourth-order valence-corrected chi connectivity index (χ4v) is 2.53. The van der Waals surface area contributed by atoms with Crippen LogP contribution in [0, 0.1) is 5.82 Å². The molecule has 1 amide bonds. The summed E-state index contributed by atoms with van der Waals surface area (Å²) in [6, 6.07) is 7.64. The molecular weight excluding hydrogens is 322 g/mol. The SMILES string of the molecule is O=C(CSc1ccc(F)c(Cl)c1)Nc1cccnc1Cl. The number of benzene rings is 1. The fourth-order valence-electron chi connectivity index (χ4n) is 1.38. The topological polar surface area (TPSA) is 42.0 Å². The Morgan fingerprint density at radius 2 is 2.15 bits per heavy atom. The number of halogens is 3. The van der Waals surface area contributed by atoms with Crippen LogP contribution in [0.1, 0.15) is 0 Å². The Morgan fingerprint density at radius 1 is 1.35 bits per heavy atom. The van der Waals surface area contributed by atoms with Crippen molar-refractivity contribution >= 4 is 46.6 Å². The van der Waals surface area contributed by atoms with Gasteiger partial charge < -0.3 is 5.32 Å². The molecule has 0 atom stereocenters. The quantitative estimate of drug-likeness (QED) is 0.672. The molecule has 0 saturated carbocycles. The second kappa shape index (κ2) is 6.92. The lowest BCUT2D eigenvalue weighted by Crippen LogP contribution is -2.14. The van der Waals surface area contributed by atoms with Gasteiger partial charge in [-0.15, -0.1) is 11.8 Å². The number of hydrogen-bond acceptors (Lipinski definition) is 3. The van der Waals surface area contributed by atoms with Crippen molar-refractivity contribution in [2.75, 3.05) is 11.1 Å². The monoisotopic (exact) mass is 330 g/mol. The molecule has 7 heteroatoms. The number of thioether (sulfide) groups is 1. The fraction of sp³-hybridized carbons (Fsp3) is 0.0769. The average molecular weight is 331 g/mol. The normalized spacial score (nSPS) is 10.3. The Bertz CT molecular complexity index is 640. The van der Waals surface area contributed by atoms with Crippen LogP contribution in [0.15, 0.2) is 41.4 Å². The van der Waals surface area contributed by atoms with Crippen LogP contribution in [0.4, 0.5) is 10.1 Å². The Balaban J connectivity index is 1.92. The van der Waals surface area contributed by atoms with Crippen LogP contribution in [0.25, 0.3) is 0 Å². The van der Waals surface area contributed by atoms with Gasteiger partial charge in [0.25, 0.3) is 0 Å². The van der Waals surface area contributed by atoms with Gasteiger partial charge in [-0.1, -0.05) is 23.2 Å². The van der Waals surface area contributed by atoms with E-state index < -0.39 is 5.82 Å². The molecule has 0 fully saturated rings.